The molecule has 1 aliphatic rings. The molecule has 0 aliphatic carbocycles. The van der Waals surface area contributed by atoms with Crippen molar-refractivity contribution in [2.45, 2.75) is 19.5 Å². The number of halogens is 4. The normalized spacial score (nSPS) is 20.4. The molecule has 2 atom stereocenters. The van der Waals surface area contributed by atoms with Gasteiger partial charge < -0.3 is 15.4 Å². The van der Waals surface area contributed by atoms with Gasteiger partial charge in [-0.1, -0.05) is 12.1 Å². The SMILES string of the molecule is COc1cc(CCNC(=O)[C@@H]2CNC[C@H]2C(F)(F)F)ccc1C.Cl. The molecule has 0 saturated carbocycles. The molecule has 1 amide bonds. The number of ether oxygens (including phenoxy) is 1. The van der Waals surface area contributed by atoms with Crippen LogP contribution in [-0.2, 0) is 11.2 Å². The summed E-state index contributed by atoms with van der Waals surface area (Å²) in [4.78, 5) is 12.0. The average Bonchev–Trinajstić information content (AvgIpc) is 2.98. The number of carbonyl (C=O) groups is 1. The molecule has 0 aromatic heterocycles. The summed E-state index contributed by atoms with van der Waals surface area (Å²) >= 11 is 0. The van der Waals surface area contributed by atoms with E-state index in [0.29, 0.717) is 13.0 Å². The van der Waals surface area contributed by atoms with Gasteiger partial charge >= 0.3 is 6.18 Å². The van der Waals surface area contributed by atoms with Gasteiger partial charge in [-0.2, -0.15) is 13.2 Å². The number of carbonyl (C=O) groups excluding carboxylic acids is 1. The molecule has 2 N–H and O–H groups in total. The van der Waals surface area contributed by atoms with E-state index in [1.807, 2.05) is 25.1 Å². The van der Waals surface area contributed by atoms with E-state index in [0.717, 1.165) is 16.9 Å². The molecule has 0 bridgehead atoms. The van der Waals surface area contributed by atoms with Crippen LogP contribution in [0.15, 0.2) is 18.2 Å². The highest BCUT2D eigenvalue weighted by Gasteiger charge is 2.49. The maximum atomic E-state index is 12.8. The Balaban J connectivity index is 0.00000288. The molecular weight excluding hydrogens is 345 g/mol. The van der Waals surface area contributed by atoms with Crippen LogP contribution in [0.25, 0.3) is 0 Å². The molecule has 1 aromatic rings. The standard InChI is InChI=1S/C16H21F3N2O2.ClH/c1-10-3-4-11(7-14(10)23-2)5-6-21-15(22)12-8-20-9-13(12)16(17,18)19;/h3-4,7,12-13,20H,5-6,8-9H2,1-2H3,(H,21,22);1H/t12-,13-;/m1./s1. The Morgan fingerprint density at radius 1 is 1.38 bits per heavy atom. The summed E-state index contributed by atoms with van der Waals surface area (Å²) in [6.45, 7) is 2.09. The smallest absolute Gasteiger partial charge is 0.393 e. The molecule has 1 aliphatic heterocycles. The number of benzene rings is 1. The second-order valence-corrected chi connectivity index (χ2v) is 5.76. The van der Waals surface area contributed by atoms with E-state index in [1.54, 1.807) is 7.11 Å². The molecule has 0 radical (unpaired) electrons. The molecule has 0 unspecified atom stereocenters. The van der Waals surface area contributed by atoms with E-state index >= 15 is 0 Å². The monoisotopic (exact) mass is 366 g/mol. The summed E-state index contributed by atoms with van der Waals surface area (Å²) in [7, 11) is 1.58. The number of hydrogen-bond acceptors (Lipinski definition) is 3. The van der Waals surface area contributed by atoms with Crippen LogP contribution >= 0.6 is 12.4 Å². The first-order chi connectivity index (χ1) is 10.8. The fourth-order valence-electron chi connectivity index (χ4n) is 2.78. The van der Waals surface area contributed by atoms with Crippen LogP contribution in [0.5, 0.6) is 5.75 Å². The highest BCUT2D eigenvalue weighted by atomic mass is 35.5. The van der Waals surface area contributed by atoms with Crippen LogP contribution in [0, 0.1) is 18.8 Å². The quantitative estimate of drug-likeness (QED) is 0.841. The lowest BCUT2D eigenvalue weighted by Gasteiger charge is -2.20. The number of methoxy groups -OCH3 is 1. The highest BCUT2D eigenvalue weighted by molar-refractivity contribution is 5.85. The molecule has 8 heteroatoms. The second kappa shape index (κ2) is 8.58. The Morgan fingerprint density at radius 2 is 2.08 bits per heavy atom. The molecule has 24 heavy (non-hydrogen) atoms. The second-order valence-electron chi connectivity index (χ2n) is 5.76. The zero-order valence-electron chi connectivity index (χ0n) is 13.6. The first kappa shape index (κ1) is 20.6. The van der Waals surface area contributed by atoms with E-state index in [1.165, 1.54) is 0 Å². The molecule has 4 nitrogen and oxygen atoms in total. The third-order valence-corrected chi connectivity index (χ3v) is 4.16. The van der Waals surface area contributed by atoms with Gasteiger partial charge in [0, 0.05) is 19.6 Å². The average molecular weight is 367 g/mol. The van der Waals surface area contributed by atoms with Crippen molar-refractivity contribution in [1.29, 1.82) is 0 Å². The zero-order chi connectivity index (χ0) is 17.0. The summed E-state index contributed by atoms with van der Waals surface area (Å²) in [5.41, 5.74) is 1.97. The van der Waals surface area contributed by atoms with Crippen LogP contribution in [0.1, 0.15) is 11.1 Å². The van der Waals surface area contributed by atoms with Gasteiger partial charge in [-0.25, -0.2) is 0 Å². The summed E-state index contributed by atoms with van der Waals surface area (Å²) in [5, 5.41) is 5.25. The summed E-state index contributed by atoms with van der Waals surface area (Å²) < 4.78 is 43.8. The summed E-state index contributed by atoms with van der Waals surface area (Å²) in [6, 6.07) is 5.70. The lowest BCUT2D eigenvalue weighted by molar-refractivity contribution is -0.182. The van der Waals surface area contributed by atoms with Gasteiger partial charge in [0.2, 0.25) is 5.91 Å². The van der Waals surface area contributed by atoms with Gasteiger partial charge in [-0.3, -0.25) is 4.79 Å². The van der Waals surface area contributed by atoms with Crippen LogP contribution in [0.2, 0.25) is 0 Å². The van der Waals surface area contributed by atoms with Crippen LogP contribution in [-0.4, -0.2) is 38.8 Å². The Labute approximate surface area is 145 Å². The topological polar surface area (TPSA) is 50.4 Å². The van der Waals surface area contributed by atoms with E-state index in [2.05, 4.69) is 10.6 Å². The fraction of sp³-hybridized carbons (Fsp3) is 0.562. The predicted molar refractivity (Wildman–Crippen MR) is 87.6 cm³/mol. The van der Waals surface area contributed by atoms with Crippen molar-refractivity contribution in [3.05, 3.63) is 29.3 Å². The molecule has 0 spiro atoms. The molecule has 1 fully saturated rings. The van der Waals surface area contributed by atoms with Gasteiger partial charge in [0.25, 0.3) is 0 Å². The van der Waals surface area contributed by atoms with Crippen molar-refractivity contribution >= 4 is 18.3 Å². The van der Waals surface area contributed by atoms with E-state index < -0.39 is 23.9 Å². The molecule has 2 rings (SSSR count). The fourth-order valence-corrected chi connectivity index (χ4v) is 2.78. The van der Waals surface area contributed by atoms with E-state index in [9.17, 15) is 18.0 Å². The molecule has 1 saturated heterocycles. The molecular formula is C16H22ClF3N2O2. The first-order valence-electron chi connectivity index (χ1n) is 7.51. The number of aryl methyl sites for hydroxylation is 1. The third-order valence-electron chi connectivity index (χ3n) is 4.16. The van der Waals surface area contributed by atoms with E-state index in [4.69, 9.17) is 4.74 Å². The minimum atomic E-state index is -4.35. The molecule has 136 valence electrons. The van der Waals surface area contributed by atoms with Crippen LogP contribution in [0.3, 0.4) is 0 Å². The number of rotatable bonds is 5. The summed E-state index contributed by atoms with van der Waals surface area (Å²) in [5.74, 6) is -2.45. The maximum Gasteiger partial charge on any atom is 0.393 e. The lowest BCUT2D eigenvalue weighted by atomic mass is 9.94. The lowest BCUT2D eigenvalue weighted by Crippen LogP contribution is -2.40. The number of alkyl halides is 3. The Morgan fingerprint density at radius 3 is 2.71 bits per heavy atom. The largest absolute Gasteiger partial charge is 0.496 e. The Bertz CT molecular complexity index is 567. The Hall–Kier alpha value is -1.47. The first-order valence-corrected chi connectivity index (χ1v) is 7.51. The number of nitrogens with one attached hydrogen (secondary N) is 2. The minimum Gasteiger partial charge on any atom is -0.496 e. The number of hydrogen-bond donors (Lipinski definition) is 2. The van der Waals surface area contributed by atoms with Gasteiger partial charge in [-0.05, 0) is 30.5 Å². The van der Waals surface area contributed by atoms with Crippen molar-refractivity contribution in [2.75, 3.05) is 26.7 Å². The Kier molecular flexibility index (Phi) is 7.35. The third kappa shape index (κ3) is 5.01. The number of amides is 1. The van der Waals surface area contributed by atoms with Crippen molar-refractivity contribution in [2.24, 2.45) is 11.8 Å². The van der Waals surface area contributed by atoms with E-state index in [-0.39, 0.29) is 25.5 Å². The maximum absolute atomic E-state index is 12.8. The predicted octanol–water partition coefficient (Wildman–Crippen LogP) is 2.48. The van der Waals surface area contributed by atoms with Crippen LogP contribution < -0.4 is 15.4 Å². The van der Waals surface area contributed by atoms with Gasteiger partial charge in [0.05, 0.1) is 18.9 Å². The van der Waals surface area contributed by atoms with Crippen LogP contribution in [0.4, 0.5) is 13.2 Å². The molecule has 1 heterocycles. The highest BCUT2D eigenvalue weighted by Crippen LogP contribution is 2.34. The van der Waals surface area contributed by atoms with Crippen molar-refractivity contribution in [1.82, 2.24) is 10.6 Å². The molecule has 1 aromatic carbocycles. The van der Waals surface area contributed by atoms with Crippen molar-refractivity contribution in [3.63, 3.8) is 0 Å². The van der Waals surface area contributed by atoms with Gasteiger partial charge in [0.15, 0.2) is 0 Å². The summed E-state index contributed by atoms with van der Waals surface area (Å²) in [6.07, 6.45) is -3.81. The van der Waals surface area contributed by atoms with Crippen molar-refractivity contribution < 1.29 is 22.7 Å². The van der Waals surface area contributed by atoms with Crippen molar-refractivity contribution in [3.8, 4) is 5.75 Å². The zero-order valence-corrected chi connectivity index (χ0v) is 14.4. The van der Waals surface area contributed by atoms with Gasteiger partial charge in [-0.15, -0.1) is 12.4 Å². The minimum absolute atomic E-state index is 0. The van der Waals surface area contributed by atoms with Gasteiger partial charge in [0.1, 0.15) is 5.75 Å².